The molecule has 0 aliphatic rings. The van der Waals surface area contributed by atoms with Gasteiger partial charge in [0.25, 0.3) is 0 Å². The number of imide groups is 1. The lowest BCUT2D eigenvalue weighted by molar-refractivity contribution is -0.141. The number of hydrogen-bond acceptors (Lipinski definition) is 3. The average Bonchev–Trinajstić information content (AvgIpc) is 1.98. The Morgan fingerprint density at radius 2 is 1.92 bits per heavy atom. The first-order valence-electron chi connectivity index (χ1n) is 3.96. The maximum absolute atomic E-state index is 10.9. The molecule has 74 valence electrons. The van der Waals surface area contributed by atoms with Crippen LogP contribution in [0, 0.1) is 5.92 Å². The minimum atomic E-state index is -0.935. The second-order valence-electron chi connectivity index (χ2n) is 2.88. The molecule has 5 nitrogen and oxygen atoms in total. The Morgan fingerprint density at radius 1 is 1.38 bits per heavy atom. The molecular weight excluding hydrogens is 174 g/mol. The van der Waals surface area contributed by atoms with Crippen LogP contribution in [0.15, 0.2) is 0 Å². The van der Waals surface area contributed by atoms with Gasteiger partial charge in [0.2, 0.25) is 11.8 Å². The summed E-state index contributed by atoms with van der Waals surface area (Å²) in [7, 11) is 0. The van der Waals surface area contributed by atoms with E-state index in [-0.39, 0.29) is 12.8 Å². The van der Waals surface area contributed by atoms with Gasteiger partial charge in [-0.3, -0.25) is 19.7 Å². The Morgan fingerprint density at radius 3 is 2.31 bits per heavy atom. The zero-order chi connectivity index (χ0) is 10.4. The lowest BCUT2D eigenvalue weighted by Crippen LogP contribution is -2.28. The molecular formula is C8H13NO4. The molecule has 0 aliphatic carbocycles. The molecule has 0 heterocycles. The van der Waals surface area contributed by atoms with E-state index in [2.05, 4.69) is 5.32 Å². The van der Waals surface area contributed by atoms with E-state index < -0.39 is 23.7 Å². The van der Waals surface area contributed by atoms with E-state index in [0.29, 0.717) is 0 Å². The predicted molar refractivity (Wildman–Crippen MR) is 44.9 cm³/mol. The summed E-state index contributed by atoms with van der Waals surface area (Å²) in [5.41, 5.74) is 0. The van der Waals surface area contributed by atoms with Gasteiger partial charge >= 0.3 is 5.97 Å². The molecule has 0 radical (unpaired) electrons. The SMILES string of the molecule is CC(=O)NC(=O)CC[C@@H](C)C(=O)O. The number of carbonyl (C=O) groups is 3. The molecule has 0 saturated carbocycles. The van der Waals surface area contributed by atoms with Crippen LogP contribution in [-0.2, 0) is 14.4 Å². The third-order valence-electron chi connectivity index (χ3n) is 1.54. The van der Waals surface area contributed by atoms with Crippen molar-refractivity contribution in [3.8, 4) is 0 Å². The first kappa shape index (κ1) is 11.6. The van der Waals surface area contributed by atoms with E-state index in [0.717, 1.165) is 0 Å². The summed E-state index contributed by atoms with van der Waals surface area (Å²) in [5, 5.41) is 10.5. The standard InChI is InChI=1S/C8H13NO4/c1-5(8(12)13)3-4-7(11)9-6(2)10/h5H,3-4H2,1-2H3,(H,12,13)(H,9,10,11)/t5-/m1/s1. The van der Waals surface area contributed by atoms with Crippen molar-refractivity contribution in [3.05, 3.63) is 0 Å². The Hall–Kier alpha value is -1.39. The van der Waals surface area contributed by atoms with Crippen molar-refractivity contribution in [2.45, 2.75) is 26.7 Å². The molecule has 1 atom stereocenters. The summed E-state index contributed by atoms with van der Waals surface area (Å²) in [5.74, 6) is -2.35. The van der Waals surface area contributed by atoms with Crippen molar-refractivity contribution < 1.29 is 19.5 Å². The van der Waals surface area contributed by atoms with Crippen LogP contribution < -0.4 is 5.32 Å². The third-order valence-corrected chi connectivity index (χ3v) is 1.54. The van der Waals surface area contributed by atoms with Crippen LogP contribution in [0.3, 0.4) is 0 Å². The minimum absolute atomic E-state index is 0.0625. The Labute approximate surface area is 76.1 Å². The van der Waals surface area contributed by atoms with E-state index in [1.54, 1.807) is 0 Å². The van der Waals surface area contributed by atoms with Gasteiger partial charge in [0, 0.05) is 13.3 Å². The number of carboxylic acids is 1. The normalized spacial score (nSPS) is 11.8. The number of carboxylic acid groups (broad SMARTS) is 1. The van der Waals surface area contributed by atoms with Crippen LogP contribution in [0.4, 0.5) is 0 Å². The summed E-state index contributed by atoms with van der Waals surface area (Å²) >= 11 is 0. The van der Waals surface area contributed by atoms with Gasteiger partial charge in [-0.05, 0) is 6.42 Å². The number of amides is 2. The van der Waals surface area contributed by atoms with Crippen LogP contribution in [0.5, 0.6) is 0 Å². The maximum Gasteiger partial charge on any atom is 0.306 e. The van der Waals surface area contributed by atoms with Gasteiger partial charge in [-0.2, -0.15) is 0 Å². The van der Waals surface area contributed by atoms with Crippen molar-refractivity contribution in [3.63, 3.8) is 0 Å². The molecule has 0 unspecified atom stereocenters. The summed E-state index contributed by atoms with van der Waals surface area (Å²) in [6, 6.07) is 0. The quantitative estimate of drug-likeness (QED) is 0.656. The molecule has 0 saturated heterocycles. The Balaban J connectivity index is 3.70. The van der Waals surface area contributed by atoms with Crippen molar-refractivity contribution in [1.29, 1.82) is 0 Å². The summed E-state index contributed by atoms with van der Waals surface area (Å²) < 4.78 is 0. The molecule has 0 fully saturated rings. The fourth-order valence-electron chi connectivity index (χ4n) is 0.730. The van der Waals surface area contributed by atoms with Gasteiger partial charge in [-0.25, -0.2) is 0 Å². The molecule has 5 heteroatoms. The topological polar surface area (TPSA) is 83.5 Å². The van der Waals surface area contributed by atoms with E-state index in [4.69, 9.17) is 5.11 Å². The molecule has 0 rings (SSSR count). The van der Waals surface area contributed by atoms with E-state index in [9.17, 15) is 14.4 Å². The average molecular weight is 187 g/mol. The lowest BCUT2D eigenvalue weighted by Gasteiger charge is -2.04. The van der Waals surface area contributed by atoms with Gasteiger partial charge in [-0.15, -0.1) is 0 Å². The number of aliphatic carboxylic acids is 1. The van der Waals surface area contributed by atoms with Crippen molar-refractivity contribution >= 4 is 17.8 Å². The number of rotatable bonds is 4. The monoisotopic (exact) mass is 187 g/mol. The summed E-state index contributed by atoms with van der Waals surface area (Å²) in [6.45, 7) is 2.75. The van der Waals surface area contributed by atoms with Crippen molar-refractivity contribution in [2.24, 2.45) is 5.92 Å². The second kappa shape index (κ2) is 5.29. The van der Waals surface area contributed by atoms with Gasteiger partial charge < -0.3 is 5.11 Å². The molecule has 13 heavy (non-hydrogen) atoms. The van der Waals surface area contributed by atoms with Crippen molar-refractivity contribution in [1.82, 2.24) is 5.32 Å². The Kier molecular flexibility index (Phi) is 4.72. The third kappa shape index (κ3) is 5.84. The highest BCUT2D eigenvalue weighted by Crippen LogP contribution is 2.04. The summed E-state index contributed by atoms with van der Waals surface area (Å²) in [4.78, 5) is 31.6. The molecule has 2 N–H and O–H groups in total. The number of carbonyl (C=O) groups excluding carboxylic acids is 2. The number of nitrogens with one attached hydrogen (secondary N) is 1. The Bertz CT molecular complexity index is 224. The highest BCUT2D eigenvalue weighted by molar-refractivity contribution is 5.94. The smallest absolute Gasteiger partial charge is 0.306 e. The zero-order valence-electron chi connectivity index (χ0n) is 7.66. The summed E-state index contributed by atoms with van der Waals surface area (Å²) in [6.07, 6.45) is 0.307. The predicted octanol–water partition coefficient (Wildman–Crippen LogP) is 0.150. The molecule has 0 aromatic carbocycles. The minimum Gasteiger partial charge on any atom is -0.481 e. The maximum atomic E-state index is 10.9. The van der Waals surface area contributed by atoms with Crippen LogP contribution >= 0.6 is 0 Å². The van der Waals surface area contributed by atoms with Crippen LogP contribution in [0.1, 0.15) is 26.7 Å². The fraction of sp³-hybridized carbons (Fsp3) is 0.625. The van der Waals surface area contributed by atoms with Crippen LogP contribution in [0.2, 0.25) is 0 Å². The van der Waals surface area contributed by atoms with Gasteiger partial charge in [0.05, 0.1) is 5.92 Å². The highest BCUT2D eigenvalue weighted by Gasteiger charge is 2.13. The first-order valence-corrected chi connectivity index (χ1v) is 3.96. The van der Waals surface area contributed by atoms with E-state index in [1.807, 2.05) is 0 Å². The molecule has 0 aromatic rings. The first-order chi connectivity index (χ1) is 5.93. The highest BCUT2D eigenvalue weighted by atomic mass is 16.4. The molecule has 0 bridgehead atoms. The van der Waals surface area contributed by atoms with Crippen molar-refractivity contribution in [2.75, 3.05) is 0 Å². The largest absolute Gasteiger partial charge is 0.481 e. The molecule has 0 aromatic heterocycles. The van der Waals surface area contributed by atoms with E-state index in [1.165, 1.54) is 13.8 Å². The lowest BCUT2D eigenvalue weighted by atomic mass is 10.1. The van der Waals surface area contributed by atoms with Crippen LogP contribution in [0.25, 0.3) is 0 Å². The van der Waals surface area contributed by atoms with Crippen LogP contribution in [-0.4, -0.2) is 22.9 Å². The molecule has 2 amide bonds. The fourth-order valence-corrected chi connectivity index (χ4v) is 0.730. The van der Waals surface area contributed by atoms with E-state index >= 15 is 0 Å². The van der Waals surface area contributed by atoms with Gasteiger partial charge in [0.15, 0.2) is 0 Å². The number of hydrogen-bond donors (Lipinski definition) is 2. The molecule has 0 spiro atoms. The second-order valence-corrected chi connectivity index (χ2v) is 2.88. The van der Waals surface area contributed by atoms with Gasteiger partial charge in [0.1, 0.15) is 0 Å². The zero-order valence-corrected chi connectivity index (χ0v) is 7.66. The van der Waals surface area contributed by atoms with Gasteiger partial charge in [-0.1, -0.05) is 6.92 Å². The molecule has 0 aliphatic heterocycles.